The Labute approximate surface area is 97.4 Å². The molecule has 0 spiro atoms. The number of rotatable bonds is 4. The van der Waals surface area contributed by atoms with Crippen LogP contribution in [-0.4, -0.2) is 11.4 Å². The Morgan fingerprint density at radius 2 is 1.94 bits per heavy atom. The summed E-state index contributed by atoms with van der Waals surface area (Å²) in [5, 5.41) is 0. The number of ether oxygens (including phenoxy) is 2. The van der Waals surface area contributed by atoms with Gasteiger partial charge < -0.3 is 9.47 Å². The van der Waals surface area contributed by atoms with E-state index < -0.39 is 11.4 Å². The Morgan fingerprint density at radius 1 is 1.31 bits per heavy atom. The van der Waals surface area contributed by atoms with Gasteiger partial charge in [0.2, 0.25) is 0 Å². The van der Waals surface area contributed by atoms with Crippen LogP contribution < -0.4 is 4.74 Å². The zero-order chi connectivity index (χ0) is 12.0. The van der Waals surface area contributed by atoms with E-state index in [1.165, 1.54) is 0 Å². The number of carbonyl (C=O) groups excluding carboxylic acids is 2. The van der Waals surface area contributed by atoms with Crippen LogP contribution in [-0.2, 0) is 16.1 Å². The lowest BCUT2D eigenvalue weighted by Gasteiger charge is -2.03. The van der Waals surface area contributed by atoms with Crippen LogP contribution in [0.25, 0.3) is 0 Å². The Hall–Kier alpha value is -1.81. The van der Waals surface area contributed by atoms with Crippen molar-refractivity contribution in [1.82, 2.24) is 0 Å². The van der Waals surface area contributed by atoms with Crippen molar-refractivity contribution in [2.24, 2.45) is 0 Å². The molecule has 0 saturated carbocycles. The predicted octanol–water partition coefficient (Wildman–Crippen LogP) is 2.65. The van der Waals surface area contributed by atoms with Crippen LogP contribution in [0, 0.1) is 0 Å². The largest absolute Gasteiger partial charge is 0.449 e. The SMILES string of the molecule is C=CC(=O)Oc1ccc(COC(=O)Cl)cc1. The third kappa shape index (κ3) is 4.14. The molecule has 5 heteroatoms. The molecule has 0 amide bonds. The Balaban J connectivity index is 2.57. The maximum Gasteiger partial charge on any atom is 0.404 e. The minimum atomic E-state index is -0.859. The van der Waals surface area contributed by atoms with Crippen molar-refractivity contribution in [2.75, 3.05) is 0 Å². The van der Waals surface area contributed by atoms with E-state index in [4.69, 9.17) is 16.3 Å². The molecule has 1 aromatic rings. The zero-order valence-corrected chi connectivity index (χ0v) is 9.07. The van der Waals surface area contributed by atoms with Gasteiger partial charge in [0.15, 0.2) is 0 Å². The molecule has 0 aliphatic heterocycles. The maximum atomic E-state index is 10.9. The van der Waals surface area contributed by atoms with Crippen LogP contribution in [0.15, 0.2) is 36.9 Å². The molecule has 1 aromatic carbocycles. The second-order valence-electron chi connectivity index (χ2n) is 2.80. The fourth-order valence-corrected chi connectivity index (χ4v) is 1.01. The molecular formula is C11H9ClO4. The molecule has 84 valence electrons. The van der Waals surface area contributed by atoms with Crippen molar-refractivity contribution in [3.8, 4) is 5.75 Å². The van der Waals surface area contributed by atoms with E-state index >= 15 is 0 Å². The summed E-state index contributed by atoms with van der Waals surface area (Å²) in [6, 6.07) is 6.48. The number of esters is 1. The molecule has 0 saturated heterocycles. The summed E-state index contributed by atoms with van der Waals surface area (Å²) in [6.45, 7) is 3.36. The van der Waals surface area contributed by atoms with Gasteiger partial charge in [0.1, 0.15) is 12.4 Å². The molecule has 0 bridgehead atoms. The highest BCUT2D eigenvalue weighted by atomic mass is 35.5. The fourth-order valence-electron chi connectivity index (χ4n) is 0.952. The van der Waals surface area contributed by atoms with E-state index in [9.17, 15) is 9.59 Å². The molecule has 4 nitrogen and oxygen atoms in total. The lowest BCUT2D eigenvalue weighted by atomic mass is 10.2. The van der Waals surface area contributed by atoms with E-state index in [1.807, 2.05) is 0 Å². The summed E-state index contributed by atoms with van der Waals surface area (Å²) < 4.78 is 9.43. The van der Waals surface area contributed by atoms with Gasteiger partial charge in [-0.05, 0) is 17.7 Å². The van der Waals surface area contributed by atoms with Crippen LogP contribution in [0.1, 0.15) is 5.56 Å². The predicted molar refractivity (Wildman–Crippen MR) is 58.3 cm³/mol. The molecule has 0 aliphatic carbocycles. The molecule has 0 fully saturated rings. The summed E-state index contributed by atoms with van der Waals surface area (Å²) >= 11 is 5.01. The summed E-state index contributed by atoms with van der Waals surface area (Å²) in [5.74, 6) is -0.134. The number of benzene rings is 1. The molecule has 0 radical (unpaired) electrons. The standard InChI is InChI=1S/C11H9ClO4/c1-2-10(13)16-9-5-3-8(4-6-9)7-15-11(12)14/h2-6H,1,7H2. The third-order valence-corrected chi connectivity index (χ3v) is 1.77. The Bertz CT molecular complexity index is 397. The van der Waals surface area contributed by atoms with Gasteiger partial charge in [-0.1, -0.05) is 18.7 Å². The van der Waals surface area contributed by atoms with Crippen molar-refractivity contribution in [2.45, 2.75) is 6.61 Å². The number of carbonyl (C=O) groups is 2. The minimum absolute atomic E-state index is 0.0814. The molecule has 0 atom stereocenters. The van der Waals surface area contributed by atoms with E-state index in [1.54, 1.807) is 24.3 Å². The minimum Gasteiger partial charge on any atom is -0.449 e. The molecule has 0 unspecified atom stereocenters. The normalized spacial score (nSPS) is 9.31. The average molecular weight is 241 g/mol. The quantitative estimate of drug-likeness (QED) is 0.351. The van der Waals surface area contributed by atoms with E-state index in [0.717, 1.165) is 11.6 Å². The highest BCUT2D eigenvalue weighted by Gasteiger charge is 2.01. The van der Waals surface area contributed by atoms with Crippen molar-refractivity contribution in [1.29, 1.82) is 0 Å². The van der Waals surface area contributed by atoms with E-state index in [2.05, 4.69) is 11.3 Å². The number of hydrogen-bond donors (Lipinski definition) is 0. The first-order chi connectivity index (χ1) is 7.61. The number of halogens is 1. The molecule has 0 aromatic heterocycles. The first kappa shape index (κ1) is 12.3. The van der Waals surface area contributed by atoms with E-state index in [0.29, 0.717) is 5.75 Å². The van der Waals surface area contributed by atoms with Crippen LogP contribution in [0.2, 0.25) is 0 Å². The summed E-state index contributed by atoms with van der Waals surface area (Å²) in [6.07, 6.45) is 1.07. The van der Waals surface area contributed by atoms with Gasteiger partial charge in [0, 0.05) is 17.7 Å². The Kier molecular flexibility index (Phi) is 4.54. The third-order valence-electron chi connectivity index (χ3n) is 1.66. The maximum absolute atomic E-state index is 10.9. The highest BCUT2D eigenvalue weighted by molar-refractivity contribution is 6.61. The molecule has 0 aliphatic rings. The highest BCUT2D eigenvalue weighted by Crippen LogP contribution is 2.13. The van der Waals surface area contributed by atoms with Crippen molar-refractivity contribution >= 4 is 23.0 Å². The smallest absolute Gasteiger partial charge is 0.404 e. The monoisotopic (exact) mass is 240 g/mol. The second-order valence-corrected chi connectivity index (χ2v) is 3.10. The van der Waals surface area contributed by atoms with Crippen molar-refractivity contribution < 1.29 is 19.1 Å². The lowest BCUT2D eigenvalue weighted by Crippen LogP contribution is -2.03. The molecular weight excluding hydrogens is 232 g/mol. The summed E-state index contributed by atoms with van der Waals surface area (Å²) in [4.78, 5) is 21.2. The summed E-state index contributed by atoms with van der Waals surface area (Å²) in [7, 11) is 0. The van der Waals surface area contributed by atoms with Gasteiger partial charge in [-0.3, -0.25) is 0 Å². The second kappa shape index (κ2) is 5.92. The fraction of sp³-hybridized carbons (Fsp3) is 0.0909. The van der Waals surface area contributed by atoms with Crippen LogP contribution in [0.3, 0.4) is 0 Å². The van der Waals surface area contributed by atoms with Gasteiger partial charge in [0.25, 0.3) is 0 Å². The van der Waals surface area contributed by atoms with Gasteiger partial charge in [0.05, 0.1) is 0 Å². The van der Waals surface area contributed by atoms with E-state index in [-0.39, 0.29) is 6.61 Å². The zero-order valence-electron chi connectivity index (χ0n) is 8.31. The van der Waals surface area contributed by atoms with Gasteiger partial charge in [-0.2, -0.15) is 0 Å². The van der Waals surface area contributed by atoms with Gasteiger partial charge >= 0.3 is 11.4 Å². The topological polar surface area (TPSA) is 52.6 Å². The first-order valence-corrected chi connectivity index (χ1v) is 4.75. The lowest BCUT2D eigenvalue weighted by molar-refractivity contribution is -0.128. The average Bonchev–Trinajstić information content (AvgIpc) is 2.28. The van der Waals surface area contributed by atoms with Crippen LogP contribution in [0.5, 0.6) is 5.75 Å². The van der Waals surface area contributed by atoms with Crippen LogP contribution in [0.4, 0.5) is 4.79 Å². The van der Waals surface area contributed by atoms with Crippen molar-refractivity contribution in [3.63, 3.8) is 0 Å². The molecule has 0 heterocycles. The van der Waals surface area contributed by atoms with Crippen molar-refractivity contribution in [3.05, 3.63) is 42.5 Å². The van der Waals surface area contributed by atoms with Gasteiger partial charge in [-0.25, -0.2) is 9.59 Å². The number of hydrogen-bond acceptors (Lipinski definition) is 4. The Morgan fingerprint density at radius 3 is 2.44 bits per heavy atom. The molecule has 16 heavy (non-hydrogen) atoms. The molecule has 0 N–H and O–H groups in total. The first-order valence-electron chi connectivity index (χ1n) is 4.37. The summed E-state index contributed by atoms with van der Waals surface area (Å²) in [5.41, 5.74) is -0.116. The van der Waals surface area contributed by atoms with Crippen LogP contribution >= 0.6 is 11.6 Å². The van der Waals surface area contributed by atoms with Gasteiger partial charge in [-0.15, -0.1) is 0 Å². The molecule has 1 rings (SSSR count).